The van der Waals surface area contributed by atoms with Crippen LogP contribution in [0.5, 0.6) is 0 Å². The maximum atomic E-state index is 5.28. The Labute approximate surface area is 109 Å². The van der Waals surface area contributed by atoms with Crippen LogP contribution in [-0.2, 0) is 0 Å². The molecule has 0 radical (unpaired) electrons. The molecule has 0 unspecified atom stereocenters. The van der Waals surface area contributed by atoms with Crippen molar-refractivity contribution in [3.8, 4) is 0 Å². The summed E-state index contributed by atoms with van der Waals surface area (Å²) in [5, 5.41) is 4.12. The van der Waals surface area contributed by atoms with E-state index in [1.165, 1.54) is 5.56 Å². The fourth-order valence-corrected chi connectivity index (χ4v) is 1.76. The van der Waals surface area contributed by atoms with Gasteiger partial charge in [-0.25, -0.2) is 0 Å². The van der Waals surface area contributed by atoms with Gasteiger partial charge in [-0.2, -0.15) is 5.10 Å². The molecule has 1 aromatic carbocycles. The highest BCUT2D eigenvalue weighted by Gasteiger charge is 2.05. The number of benzene rings is 1. The fraction of sp³-hybridized carbons (Fsp3) is 0.273. The Bertz CT molecular complexity index is 416. The highest BCUT2D eigenvalue weighted by atomic mass is 79.9. The molecule has 16 heavy (non-hydrogen) atoms. The van der Waals surface area contributed by atoms with Gasteiger partial charge in [0.15, 0.2) is 5.11 Å². The lowest BCUT2D eigenvalue weighted by atomic mass is 9.98. The summed E-state index contributed by atoms with van der Waals surface area (Å²) in [6.07, 6.45) is 1.72. The number of hydrogen-bond acceptors (Lipinski definition) is 2. The molecule has 0 saturated carbocycles. The molecule has 0 aliphatic carbocycles. The van der Waals surface area contributed by atoms with E-state index < -0.39 is 0 Å². The molecule has 5 heteroatoms. The predicted octanol–water partition coefficient (Wildman–Crippen LogP) is 2.74. The van der Waals surface area contributed by atoms with Gasteiger partial charge in [-0.05, 0) is 41.4 Å². The molecular weight excluding hydrogens is 286 g/mol. The molecular formula is C11H14BrN3S. The Morgan fingerprint density at radius 1 is 1.56 bits per heavy atom. The first-order valence-corrected chi connectivity index (χ1v) is 6.08. The summed E-state index contributed by atoms with van der Waals surface area (Å²) in [7, 11) is 0. The second-order valence-corrected chi connectivity index (χ2v) is 5.02. The third-order valence-corrected chi connectivity index (χ3v) is 2.63. The van der Waals surface area contributed by atoms with Gasteiger partial charge in [0.1, 0.15) is 0 Å². The Balaban J connectivity index is 2.94. The summed E-state index contributed by atoms with van der Waals surface area (Å²) in [6, 6.07) is 6.07. The van der Waals surface area contributed by atoms with Crippen LogP contribution in [0.4, 0.5) is 0 Å². The van der Waals surface area contributed by atoms with Crippen molar-refractivity contribution < 1.29 is 0 Å². The van der Waals surface area contributed by atoms with Gasteiger partial charge in [0.2, 0.25) is 0 Å². The van der Waals surface area contributed by atoms with Crippen LogP contribution in [0.2, 0.25) is 0 Å². The zero-order chi connectivity index (χ0) is 12.1. The van der Waals surface area contributed by atoms with Crippen molar-refractivity contribution in [2.24, 2.45) is 10.8 Å². The third-order valence-electron chi connectivity index (χ3n) is 2.05. The molecule has 0 aliphatic rings. The molecule has 3 N–H and O–H groups in total. The van der Waals surface area contributed by atoms with Crippen LogP contribution in [-0.4, -0.2) is 11.3 Å². The van der Waals surface area contributed by atoms with Crippen molar-refractivity contribution >= 4 is 39.5 Å². The van der Waals surface area contributed by atoms with Gasteiger partial charge >= 0.3 is 0 Å². The van der Waals surface area contributed by atoms with Crippen LogP contribution >= 0.6 is 28.1 Å². The predicted molar refractivity (Wildman–Crippen MR) is 75.7 cm³/mol. The number of hydrogen-bond donors (Lipinski definition) is 2. The maximum absolute atomic E-state index is 5.28. The fourth-order valence-electron chi connectivity index (χ4n) is 1.33. The average molecular weight is 300 g/mol. The first kappa shape index (κ1) is 13.1. The van der Waals surface area contributed by atoms with Crippen molar-refractivity contribution in [2.45, 2.75) is 19.8 Å². The monoisotopic (exact) mass is 299 g/mol. The van der Waals surface area contributed by atoms with E-state index in [9.17, 15) is 0 Å². The van der Waals surface area contributed by atoms with Crippen LogP contribution in [0.1, 0.15) is 30.9 Å². The molecule has 1 rings (SSSR count). The molecule has 0 heterocycles. The van der Waals surface area contributed by atoms with Crippen molar-refractivity contribution in [3.63, 3.8) is 0 Å². The average Bonchev–Trinajstić information content (AvgIpc) is 2.19. The third kappa shape index (κ3) is 3.90. The minimum absolute atomic E-state index is 0.166. The summed E-state index contributed by atoms with van der Waals surface area (Å²) in [5.41, 5.74) is 10.1. The highest BCUT2D eigenvalue weighted by molar-refractivity contribution is 9.10. The van der Waals surface area contributed by atoms with E-state index in [1.807, 2.05) is 12.1 Å². The molecule has 0 fully saturated rings. The number of rotatable bonds is 3. The topological polar surface area (TPSA) is 50.4 Å². The second-order valence-electron chi connectivity index (χ2n) is 3.66. The van der Waals surface area contributed by atoms with E-state index in [2.05, 4.69) is 58.6 Å². The van der Waals surface area contributed by atoms with Gasteiger partial charge in [-0.15, -0.1) is 0 Å². The second kappa shape index (κ2) is 5.96. The highest BCUT2D eigenvalue weighted by Crippen LogP contribution is 2.22. The van der Waals surface area contributed by atoms with E-state index in [0.717, 1.165) is 10.0 Å². The normalized spacial score (nSPS) is 11.0. The van der Waals surface area contributed by atoms with Crippen LogP contribution < -0.4 is 11.2 Å². The van der Waals surface area contributed by atoms with Crippen molar-refractivity contribution in [1.82, 2.24) is 5.43 Å². The van der Waals surface area contributed by atoms with Crippen molar-refractivity contribution in [2.75, 3.05) is 0 Å². The van der Waals surface area contributed by atoms with Gasteiger partial charge in [-0.3, -0.25) is 5.43 Å². The first-order valence-electron chi connectivity index (χ1n) is 4.88. The Hall–Kier alpha value is -0.940. The van der Waals surface area contributed by atoms with Crippen LogP contribution in [0.25, 0.3) is 0 Å². The Morgan fingerprint density at radius 2 is 2.25 bits per heavy atom. The van der Waals surface area contributed by atoms with E-state index >= 15 is 0 Å². The molecule has 86 valence electrons. The van der Waals surface area contributed by atoms with Crippen LogP contribution in [0, 0.1) is 0 Å². The first-order chi connectivity index (χ1) is 7.50. The van der Waals surface area contributed by atoms with Crippen LogP contribution in [0.3, 0.4) is 0 Å². The van der Waals surface area contributed by atoms with Gasteiger partial charge in [0.25, 0.3) is 0 Å². The summed E-state index contributed by atoms with van der Waals surface area (Å²) in [4.78, 5) is 0. The zero-order valence-corrected chi connectivity index (χ0v) is 11.6. The smallest absolute Gasteiger partial charge is 0.184 e. The molecule has 0 spiro atoms. The lowest BCUT2D eigenvalue weighted by Crippen LogP contribution is -2.24. The van der Waals surface area contributed by atoms with Crippen molar-refractivity contribution in [1.29, 1.82) is 0 Å². The van der Waals surface area contributed by atoms with Gasteiger partial charge in [0, 0.05) is 4.47 Å². The number of nitrogens with one attached hydrogen (secondary N) is 1. The number of nitrogens with zero attached hydrogens (tertiary/aromatic N) is 1. The minimum Gasteiger partial charge on any atom is -0.375 e. The largest absolute Gasteiger partial charge is 0.375 e. The van der Waals surface area contributed by atoms with Gasteiger partial charge in [-0.1, -0.05) is 35.8 Å². The Kier molecular flexibility index (Phi) is 4.89. The lowest BCUT2D eigenvalue weighted by molar-refractivity contribution is 0.863. The molecule has 0 atom stereocenters. The summed E-state index contributed by atoms with van der Waals surface area (Å²) in [6.45, 7) is 4.28. The van der Waals surface area contributed by atoms with Crippen molar-refractivity contribution in [3.05, 3.63) is 33.8 Å². The lowest BCUT2D eigenvalue weighted by Gasteiger charge is -2.09. The SMILES string of the molecule is CC(C)c1cc(Br)ccc1C=NNC(N)=S. The molecule has 0 saturated heterocycles. The molecule has 1 aromatic rings. The minimum atomic E-state index is 0.166. The quantitative estimate of drug-likeness (QED) is 0.513. The van der Waals surface area contributed by atoms with E-state index in [0.29, 0.717) is 5.92 Å². The number of hydrazone groups is 1. The molecule has 0 bridgehead atoms. The summed E-state index contributed by atoms with van der Waals surface area (Å²) >= 11 is 8.12. The molecule has 3 nitrogen and oxygen atoms in total. The summed E-state index contributed by atoms with van der Waals surface area (Å²) < 4.78 is 1.07. The van der Waals surface area contributed by atoms with E-state index in [1.54, 1.807) is 6.21 Å². The number of halogens is 1. The zero-order valence-electron chi connectivity index (χ0n) is 9.20. The van der Waals surface area contributed by atoms with Gasteiger partial charge in [0.05, 0.1) is 6.21 Å². The van der Waals surface area contributed by atoms with Crippen LogP contribution in [0.15, 0.2) is 27.8 Å². The Morgan fingerprint density at radius 3 is 2.81 bits per heavy atom. The molecule has 0 aliphatic heterocycles. The van der Waals surface area contributed by atoms with E-state index in [-0.39, 0.29) is 5.11 Å². The standard InChI is InChI=1S/C11H14BrN3S/c1-7(2)10-5-9(12)4-3-8(10)6-14-15-11(13)16/h3-7H,1-2H3,(H3,13,15,16). The molecule has 0 aromatic heterocycles. The number of nitrogens with two attached hydrogens (primary N) is 1. The van der Waals surface area contributed by atoms with E-state index in [4.69, 9.17) is 5.73 Å². The molecule has 0 amide bonds. The van der Waals surface area contributed by atoms with Gasteiger partial charge < -0.3 is 5.73 Å². The maximum Gasteiger partial charge on any atom is 0.184 e. The number of thiocarbonyl (C=S) groups is 1. The summed E-state index contributed by atoms with van der Waals surface area (Å²) in [5.74, 6) is 0.434.